The van der Waals surface area contributed by atoms with Gasteiger partial charge in [0.1, 0.15) is 5.76 Å². The predicted molar refractivity (Wildman–Crippen MR) is 53.3 cm³/mol. The van der Waals surface area contributed by atoms with E-state index in [1.807, 2.05) is 19.9 Å². The molecule has 0 aromatic rings. The van der Waals surface area contributed by atoms with Gasteiger partial charge in [-0.05, 0) is 6.42 Å². The molecule has 0 unspecified atom stereocenters. The summed E-state index contributed by atoms with van der Waals surface area (Å²) in [7, 11) is 0. The zero-order chi connectivity index (χ0) is 9.68. The van der Waals surface area contributed by atoms with Gasteiger partial charge in [-0.15, -0.1) is 0 Å². The fourth-order valence-corrected chi connectivity index (χ4v) is 1.56. The third-order valence-electron chi connectivity index (χ3n) is 2.18. The van der Waals surface area contributed by atoms with Gasteiger partial charge in [0, 0.05) is 18.4 Å². The predicted octanol–water partition coefficient (Wildman–Crippen LogP) is 2.40. The Morgan fingerprint density at radius 1 is 1.46 bits per heavy atom. The first-order valence-electron chi connectivity index (χ1n) is 5.08. The van der Waals surface area contributed by atoms with Crippen LogP contribution in [0.3, 0.4) is 0 Å². The van der Waals surface area contributed by atoms with E-state index < -0.39 is 0 Å². The van der Waals surface area contributed by atoms with E-state index in [-0.39, 0.29) is 6.10 Å². The molecule has 0 spiro atoms. The van der Waals surface area contributed by atoms with Gasteiger partial charge in [-0.2, -0.15) is 0 Å². The molecule has 2 nitrogen and oxygen atoms in total. The lowest BCUT2D eigenvalue weighted by Crippen LogP contribution is -2.21. The van der Waals surface area contributed by atoms with Crippen LogP contribution in [-0.4, -0.2) is 17.8 Å². The first-order chi connectivity index (χ1) is 6.38. The van der Waals surface area contributed by atoms with Crippen molar-refractivity contribution in [3.8, 4) is 0 Å². The lowest BCUT2D eigenvalue weighted by Gasteiger charge is -2.25. The lowest BCUT2D eigenvalue weighted by molar-refractivity contribution is 0.0989. The molecular weight excluding hydrogens is 164 g/mol. The number of allylic oxidation sites excluding steroid dienone is 2. The van der Waals surface area contributed by atoms with Crippen LogP contribution in [0.4, 0.5) is 0 Å². The van der Waals surface area contributed by atoms with E-state index in [1.54, 1.807) is 0 Å². The summed E-state index contributed by atoms with van der Waals surface area (Å²) < 4.78 is 5.42. The second kappa shape index (κ2) is 5.07. The van der Waals surface area contributed by atoms with Crippen LogP contribution in [0.25, 0.3) is 0 Å². The Balaban J connectivity index is 0.000000396. The number of hydrogen-bond donors (Lipinski definition) is 1. The van der Waals surface area contributed by atoms with Crippen molar-refractivity contribution in [1.29, 1.82) is 0 Å². The fraction of sp³-hybridized carbons (Fsp3) is 0.636. The molecule has 1 N–H and O–H groups in total. The number of rotatable bonds is 0. The first-order valence-corrected chi connectivity index (χ1v) is 5.08. The van der Waals surface area contributed by atoms with E-state index in [0.29, 0.717) is 6.61 Å². The fourth-order valence-electron chi connectivity index (χ4n) is 1.56. The summed E-state index contributed by atoms with van der Waals surface area (Å²) in [5, 5.41) is 9.52. The molecule has 2 heteroatoms. The molecule has 0 aromatic heterocycles. The van der Waals surface area contributed by atoms with Gasteiger partial charge >= 0.3 is 0 Å². The maximum Gasteiger partial charge on any atom is 0.102 e. The molecule has 0 aromatic carbocycles. The van der Waals surface area contributed by atoms with E-state index in [9.17, 15) is 5.11 Å². The molecule has 0 amide bonds. The zero-order valence-corrected chi connectivity index (χ0v) is 8.42. The standard InChI is InChI=1S/C9H12O2.C2H6/c10-8-5-6-11-9-4-2-1-3-7(8)9;1-2/h1,3,8,10H,2,4-6H2;1-2H3/t8-;/m0./s1. The maximum absolute atomic E-state index is 9.52. The van der Waals surface area contributed by atoms with Crippen LogP contribution in [-0.2, 0) is 4.74 Å². The van der Waals surface area contributed by atoms with E-state index >= 15 is 0 Å². The topological polar surface area (TPSA) is 29.5 Å². The summed E-state index contributed by atoms with van der Waals surface area (Å²) in [5.41, 5.74) is 1.00. The molecule has 1 aliphatic carbocycles. The minimum atomic E-state index is -0.282. The van der Waals surface area contributed by atoms with Crippen molar-refractivity contribution in [1.82, 2.24) is 0 Å². The Bertz CT molecular complexity index is 216. The van der Waals surface area contributed by atoms with Crippen LogP contribution in [0.15, 0.2) is 23.5 Å². The third-order valence-corrected chi connectivity index (χ3v) is 2.18. The molecule has 1 heterocycles. The molecule has 2 aliphatic rings. The van der Waals surface area contributed by atoms with Gasteiger partial charge in [-0.3, -0.25) is 0 Å². The second-order valence-electron chi connectivity index (χ2n) is 2.97. The number of aliphatic hydroxyl groups excluding tert-OH is 1. The van der Waals surface area contributed by atoms with E-state index in [2.05, 4.69) is 6.08 Å². The monoisotopic (exact) mass is 182 g/mol. The van der Waals surface area contributed by atoms with Crippen LogP contribution in [0.5, 0.6) is 0 Å². The van der Waals surface area contributed by atoms with Gasteiger partial charge in [0.15, 0.2) is 0 Å². The van der Waals surface area contributed by atoms with Crippen molar-refractivity contribution in [3.63, 3.8) is 0 Å². The normalized spacial score (nSPS) is 25.6. The van der Waals surface area contributed by atoms with E-state index in [0.717, 1.165) is 30.6 Å². The Morgan fingerprint density at radius 2 is 2.23 bits per heavy atom. The van der Waals surface area contributed by atoms with Crippen molar-refractivity contribution in [2.75, 3.05) is 6.61 Å². The van der Waals surface area contributed by atoms with E-state index in [1.165, 1.54) is 0 Å². The average Bonchev–Trinajstić information content (AvgIpc) is 2.22. The van der Waals surface area contributed by atoms with Crippen LogP contribution in [0, 0.1) is 0 Å². The first kappa shape index (κ1) is 10.3. The molecule has 0 saturated heterocycles. The van der Waals surface area contributed by atoms with Crippen molar-refractivity contribution in [2.45, 2.75) is 39.2 Å². The summed E-state index contributed by atoms with van der Waals surface area (Å²) in [6.45, 7) is 4.67. The van der Waals surface area contributed by atoms with Gasteiger partial charge in [0.05, 0.1) is 12.7 Å². The van der Waals surface area contributed by atoms with Crippen LogP contribution in [0.2, 0.25) is 0 Å². The molecular formula is C11H18O2. The second-order valence-corrected chi connectivity index (χ2v) is 2.97. The molecule has 0 bridgehead atoms. The highest BCUT2D eigenvalue weighted by Gasteiger charge is 2.21. The summed E-state index contributed by atoms with van der Waals surface area (Å²) >= 11 is 0. The Morgan fingerprint density at radius 3 is 2.92 bits per heavy atom. The van der Waals surface area contributed by atoms with Gasteiger partial charge in [-0.25, -0.2) is 0 Å². The SMILES string of the molecule is CC.O[C@H]1CCOC2=C1C=CCC2. The molecule has 0 fully saturated rings. The molecule has 13 heavy (non-hydrogen) atoms. The highest BCUT2D eigenvalue weighted by Crippen LogP contribution is 2.27. The van der Waals surface area contributed by atoms with Gasteiger partial charge in [-0.1, -0.05) is 26.0 Å². The quantitative estimate of drug-likeness (QED) is 0.623. The Labute approximate surface area is 79.9 Å². The van der Waals surface area contributed by atoms with Crippen molar-refractivity contribution in [3.05, 3.63) is 23.5 Å². The molecule has 2 rings (SSSR count). The van der Waals surface area contributed by atoms with Gasteiger partial charge in [0.25, 0.3) is 0 Å². The largest absolute Gasteiger partial charge is 0.497 e. The summed E-state index contributed by atoms with van der Waals surface area (Å²) in [5.74, 6) is 1.01. The highest BCUT2D eigenvalue weighted by atomic mass is 16.5. The van der Waals surface area contributed by atoms with Crippen molar-refractivity contribution < 1.29 is 9.84 Å². The Kier molecular flexibility index (Phi) is 4.03. The summed E-state index contributed by atoms with van der Waals surface area (Å²) in [4.78, 5) is 0. The van der Waals surface area contributed by atoms with Crippen LogP contribution < -0.4 is 0 Å². The zero-order valence-electron chi connectivity index (χ0n) is 8.42. The third kappa shape index (κ3) is 2.34. The summed E-state index contributed by atoms with van der Waals surface area (Å²) in [6.07, 6.45) is 6.55. The van der Waals surface area contributed by atoms with Crippen molar-refractivity contribution >= 4 is 0 Å². The van der Waals surface area contributed by atoms with Crippen LogP contribution in [0.1, 0.15) is 33.1 Å². The molecule has 0 saturated carbocycles. The molecule has 1 atom stereocenters. The number of ether oxygens (including phenoxy) is 1. The Hall–Kier alpha value is -0.760. The maximum atomic E-state index is 9.52. The molecule has 1 aliphatic heterocycles. The smallest absolute Gasteiger partial charge is 0.102 e. The average molecular weight is 182 g/mol. The molecule has 74 valence electrons. The minimum Gasteiger partial charge on any atom is -0.497 e. The summed E-state index contributed by atoms with van der Waals surface area (Å²) in [6, 6.07) is 0. The molecule has 0 radical (unpaired) electrons. The van der Waals surface area contributed by atoms with Crippen molar-refractivity contribution in [2.24, 2.45) is 0 Å². The van der Waals surface area contributed by atoms with Crippen LogP contribution >= 0.6 is 0 Å². The number of aliphatic hydroxyl groups is 1. The number of hydrogen-bond acceptors (Lipinski definition) is 2. The van der Waals surface area contributed by atoms with Gasteiger partial charge in [0.2, 0.25) is 0 Å². The van der Waals surface area contributed by atoms with Gasteiger partial charge < -0.3 is 9.84 Å². The highest BCUT2D eigenvalue weighted by molar-refractivity contribution is 5.30. The minimum absolute atomic E-state index is 0.282. The lowest BCUT2D eigenvalue weighted by atomic mass is 9.97. The van der Waals surface area contributed by atoms with E-state index in [4.69, 9.17) is 4.74 Å².